The van der Waals surface area contributed by atoms with E-state index >= 15 is 0 Å². The number of anilines is 1. The fraction of sp³-hybridized carbons (Fsp3) is 0.176. The van der Waals surface area contributed by atoms with Gasteiger partial charge in [0, 0.05) is 15.7 Å². The molecule has 1 aromatic heterocycles. The van der Waals surface area contributed by atoms with Gasteiger partial charge < -0.3 is 0 Å². The van der Waals surface area contributed by atoms with Crippen LogP contribution in [0.2, 0.25) is 0 Å². The second kappa shape index (κ2) is 6.68. The number of thiazole rings is 1. The van der Waals surface area contributed by atoms with Crippen molar-refractivity contribution in [2.45, 2.75) is 24.0 Å². The Kier molecular flexibility index (Phi) is 4.63. The van der Waals surface area contributed by atoms with Gasteiger partial charge in [0.25, 0.3) is 5.91 Å². The van der Waals surface area contributed by atoms with Gasteiger partial charge in [0.2, 0.25) is 0 Å². The highest BCUT2D eigenvalue weighted by atomic mass is 32.2. The molecule has 23 heavy (non-hydrogen) atoms. The number of carbonyl (C=O) groups excluding carboxylic acids is 1. The van der Waals surface area contributed by atoms with Crippen molar-refractivity contribution >= 4 is 44.4 Å². The number of hydrogen-bond acceptors (Lipinski definition) is 4. The first-order chi connectivity index (χ1) is 11.0. The van der Waals surface area contributed by atoms with Crippen LogP contribution in [0.3, 0.4) is 0 Å². The molecule has 0 fully saturated rings. The molecule has 0 spiro atoms. The van der Waals surface area contributed by atoms with E-state index in [0.29, 0.717) is 26.2 Å². The molecule has 3 nitrogen and oxygen atoms in total. The number of amides is 1. The Morgan fingerprint density at radius 1 is 1.26 bits per heavy atom. The van der Waals surface area contributed by atoms with Crippen LogP contribution in [0.25, 0.3) is 10.2 Å². The Bertz CT molecular complexity index is 861. The van der Waals surface area contributed by atoms with Gasteiger partial charge >= 0.3 is 0 Å². The first kappa shape index (κ1) is 16.0. The van der Waals surface area contributed by atoms with E-state index in [1.807, 2.05) is 18.2 Å². The summed E-state index contributed by atoms with van der Waals surface area (Å²) in [5, 5.41) is 3.71. The van der Waals surface area contributed by atoms with Gasteiger partial charge in [-0.15, -0.1) is 11.8 Å². The van der Waals surface area contributed by atoms with Crippen LogP contribution >= 0.6 is 23.1 Å². The summed E-state index contributed by atoms with van der Waals surface area (Å²) < 4.78 is 13.9. The van der Waals surface area contributed by atoms with Crippen molar-refractivity contribution in [2.24, 2.45) is 0 Å². The van der Waals surface area contributed by atoms with Crippen molar-refractivity contribution < 1.29 is 9.18 Å². The zero-order chi connectivity index (χ0) is 16.4. The highest BCUT2D eigenvalue weighted by molar-refractivity contribution is 7.99. The maximum Gasteiger partial charge on any atom is 0.257 e. The minimum atomic E-state index is -0.308. The number of benzene rings is 2. The van der Waals surface area contributed by atoms with E-state index in [2.05, 4.69) is 24.1 Å². The highest BCUT2D eigenvalue weighted by Crippen LogP contribution is 2.27. The number of rotatable bonds is 4. The molecule has 0 saturated heterocycles. The Hall–Kier alpha value is -1.92. The van der Waals surface area contributed by atoms with Gasteiger partial charge in [-0.05, 0) is 36.4 Å². The van der Waals surface area contributed by atoms with Crippen LogP contribution in [0.5, 0.6) is 0 Å². The summed E-state index contributed by atoms with van der Waals surface area (Å²) in [5.41, 5.74) is 1.26. The first-order valence-corrected chi connectivity index (χ1v) is 8.85. The van der Waals surface area contributed by atoms with Crippen LogP contribution in [0.1, 0.15) is 24.2 Å². The molecule has 0 aliphatic carbocycles. The van der Waals surface area contributed by atoms with Gasteiger partial charge in [-0.25, -0.2) is 9.37 Å². The van der Waals surface area contributed by atoms with Gasteiger partial charge in [0.05, 0.1) is 10.2 Å². The molecule has 0 unspecified atom stereocenters. The van der Waals surface area contributed by atoms with Gasteiger partial charge in [-0.3, -0.25) is 10.1 Å². The zero-order valence-corrected chi connectivity index (χ0v) is 14.3. The lowest BCUT2D eigenvalue weighted by atomic mass is 10.2. The van der Waals surface area contributed by atoms with E-state index < -0.39 is 0 Å². The van der Waals surface area contributed by atoms with Gasteiger partial charge in [0.1, 0.15) is 5.82 Å². The third kappa shape index (κ3) is 3.89. The third-order valence-electron chi connectivity index (χ3n) is 3.04. The standard InChI is InChI=1S/C17H15FN2OS2/c1-10(2)22-13-5-3-4-11(8-13)16(21)20-17-19-14-7-6-12(18)9-15(14)23-17/h3-10H,1-2H3,(H,19,20,21). The average Bonchev–Trinajstić information content (AvgIpc) is 2.88. The summed E-state index contributed by atoms with van der Waals surface area (Å²) in [4.78, 5) is 17.7. The molecule has 0 aliphatic rings. The largest absolute Gasteiger partial charge is 0.298 e. The normalized spacial score (nSPS) is 11.1. The van der Waals surface area contributed by atoms with Crippen molar-refractivity contribution in [3.8, 4) is 0 Å². The molecule has 0 aliphatic heterocycles. The van der Waals surface area contributed by atoms with Crippen molar-refractivity contribution in [2.75, 3.05) is 5.32 Å². The average molecular weight is 346 g/mol. The van der Waals surface area contributed by atoms with Crippen molar-refractivity contribution in [1.29, 1.82) is 0 Å². The molecule has 3 aromatic rings. The molecular weight excluding hydrogens is 331 g/mol. The second-order valence-electron chi connectivity index (χ2n) is 5.28. The molecule has 0 bridgehead atoms. The number of nitrogens with zero attached hydrogens (tertiary/aromatic N) is 1. The minimum Gasteiger partial charge on any atom is -0.298 e. The topological polar surface area (TPSA) is 42.0 Å². The maximum absolute atomic E-state index is 13.2. The SMILES string of the molecule is CC(C)Sc1cccc(C(=O)Nc2nc3ccc(F)cc3s2)c1. The molecule has 1 heterocycles. The zero-order valence-electron chi connectivity index (χ0n) is 12.7. The fourth-order valence-electron chi connectivity index (χ4n) is 2.10. The van der Waals surface area contributed by atoms with Crippen molar-refractivity contribution in [1.82, 2.24) is 4.98 Å². The second-order valence-corrected chi connectivity index (χ2v) is 7.96. The lowest BCUT2D eigenvalue weighted by molar-refractivity contribution is 0.102. The summed E-state index contributed by atoms with van der Waals surface area (Å²) in [6.07, 6.45) is 0. The predicted molar refractivity (Wildman–Crippen MR) is 95.0 cm³/mol. The van der Waals surface area contributed by atoms with E-state index in [4.69, 9.17) is 0 Å². The molecule has 0 saturated carbocycles. The smallest absolute Gasteiger partial charge is 0.257 e. The van der Waals surface area contributed by atoms with E-state index in [1.165, 1.54) is 23.5 Å². The Morgan fingerprint density at radius 2 is 2.09 bits per heavy atom. The quantitative estimate of drug-likeness (QED) is 0.661. The molecule has 118 valence electrons. The van der Waals surface area contributed by atoms with E-state index in [-0.39, 0.29) is 11.7 Å². The number of carbonyl (C=O) groups is 1. The van der Waals surface area contributed by atoms with Crippen molar-refractivity contribution in [3.05, 3.63) is 53.8 Å². The third-order valence-corrected chi connectivity index (χ3v) is 4.97. The molecule has 2 aromatic carbocycles. The molecule has 6 heteroatoms. The van der Waals surface area contributed by atoms with Gasteiger partial charge in [-0.2, -0.15) is 0 Å². The number of halogens is 1. The minimum absolute atomic E-state index is 0.212. The summed E-state index contributed by atoms with van der Waals surface area (Å²) in [5.74, 6) is -0.520. The van der Waals surface area contributed by atoms with E-state index in [9.17, 15) is 9.18 Å². The first-order valence-electron chi connectivity index (χ1n) is 7.15. The maximum atomic E-state index is 13.2. The number of aromatic nitrogens is 1. The van der Waals surface area contributed by atoms with Crippen LogP contribution in [-0.4, -0.2) is 16.1 Å². The lowest BCUT2D eigenvalue weighted by Gasteiger charge is -2.07. The molecule has 3 rings (SSSR count). The van der Waals surface area contributed by atoms with Gasteiger partial charge in [-0.1, -0.05) is 31.3 Å². The van der Waals surface area contributed by atoms with Crippen LogP contribution in [0.4, 0.5) is 9.52 Å². The Morgan fingerprint density at radius 3 is 2.87 bits per heavy atom. The number of hydrogen-bond donors (Lipinski definition) is 1. The molecule has 0 atom stereocenters. The number of thioether (sulfide) groups is 1. The van der Waals surface area contributed by atoms with Crippen LogP contribution in [-0.2, 0) is 0 Å². The Labute approximate surface area is 141 Å². The van der Waals surface area contributed by atoms with E-state index in [1.54, 1.807) is 23.9 Å². The Balaban J connectivity index is 1.80. The number of nitrogens with one attached hydrogen (secondary N) is 1. The molecule has 1 N–H and O–H groups in total. The van der Waals surface area contributed by atoms with Crippen LogP contribution in [0, 0.1) is 5.82 Å². The monoisotopic (exact) mass is 346 g/mol. The summed E-state index contributed by atoms with van der Waals surface area (Å²) in [6, 6.07) is 11.9. The van der Waals surface area contributed by atoms with Crippen molar-refractivity contribution in [3.63, 3.8) is 0 Å². The molecular formula is C17H15FN2OS2. The lowest BCUT2D eigenvalue weighted by Crippen LogP contribution is -2.11. The van der Waals surface area contributed by atoms with Gasteiger partial charge in [0.15, 0.2) is 5.13 Å². The molecule has 0 radical (unpaired) electrons. The summed E-state index contributed by atoms with van der Waals surface area (Å²) >= 11 is 2.97. The highest BCUT2D eigenvalue weighted by Gasteiger charge is 2.11. The predicted octanol–water partition coefficient (Wildman–Crippen LogP) is 5.19. The molecule has 1 amide bonds. The fourth-order valence-corrected chi connectivity index (χ4v) is 3.89. The number of fused-ring (bicyclic) bond motifs is 1. The summed E-state index contributed by atoms with van der Waals surface area (Å²) in [7, 11) is 0. The van der Waals surface area contributed by atoms with Crippen LogP contribution < -0.4 is 5.32 Å². The summed E-state index contributed by atoms with van der Waals surface area (Å²) in [6.45, 7) is 4.22. The van der Waals surface area contributed by atoms with E-state index in [0.717, 1.165) is 4.90 Å². The van der Waals surface area contributed by atoms with Crippen LogP contribution in [0.15, 0.2) is 47.4 Å².